The molecule has 1 heterocycles. The van der Waals surface area contributed by atoms with Gasteiger partial charge in [-0.1, -0.05) is 40.6 Å². The number of amidine groups is 2. The molecule has 0 fully saturated rings. The Bertz CT molecular complexity index is 2390. The zero-order chi connectivity index (χ0) is 39.8. The summed E-state index contributed by atoms with van der Waals surface area (Å²) in [6.07, 6.45) is 1.06. The van der Waals surface area contributed by atoms with Crippen LogP contribution in [0.3, 0.4) is 0 Å². The van der Waals surface area contributed by atoms with Gasteiger partial charge < -0.3 is 46.3 Å². The van der Waals surface area contributed by atoms with Crippen LogP contribution in [0.15, 0.2) is 114 Å². The van der Waals surface area contributed by atoms with Crippen molar-refractivity contribution in [1.82, 2.24) is 4.98 Å². The van der Waals surface area contributed by atoms with Gasteiger partial charge in [-0.15, -0.1) is 0 Å². The number of phenols is 2. The Balaban J connectivity index is 0.000000211. The van der Waals surface area contributed by atoms with E-state index in [0.29, 0.717) is 61.6 Å². The number of phenolic OH excluding ortho intramolecular Hbond substituents is 2. The number of rotatable bonds is 9. The molecule has 6 rings (SSSR count). The number of nitrogens with two attached hydrogens (primary N) is 2. The van der Waals surface area contributed by atoms with Gasteiger partial charge in [-0.2, -0.15) is 0 Å². The number of halogens is 2. The first-order chi connectivity index (χ1) is 26.4. The Kier molecular flexibility index (Phi) is 12.0. The highest BCUT2D eigenvalue weighted by Crippen LogP contribution is 2.43. The average molecular weight is 750 g/mol. The third-order valence-electron chi connectivity index (χ3n) is 8.47. The molecule has 0 atom stereocenters. The zero-order valence-corrected chi connectivity index (χ0v) is 30.1. The van der Waals surface area contributed by atoms with E-state index in [9.17, 15) is 29.4 Å². The first-order valence-corrected chi connectivity index (χ1v) is 16.4. The third-order valence-corrected chi connectivity index (χ3v) is 8.47. The van der Waals surface area contributed by atoms with Gasteiger partial charge in [0.2, 0.25) is 5.88 Å². The first-order valence-electron chi connectivity index (χ1n) is 16.4. The van der Waals surface area contributed by atoms with Gasteiger partial charge in [0.15, 0.2) is 11.7 Å². The molecular formula is C41H37F2N5O7. The fourth-order valence-electron chi connectivity index (χ4n) is 5.99. The molecule has 0 aliphatic heterocycles. The van der Waals surface area contributed by atoms with Crippen LogP contribution >= 0.6 is 0 Å². The summed E-state index contributed by atoms with van der Waals surface area (Å²) in [5.74, 6) is -0.0000341. The largest absolute Gasteiger partial charge is 0.508 e. The Morgan fingerprint density at radius 1 is 0.600 bits per heavy atom. The summed E-state index contributed by atoms with van der Waals surface area (Å²) in [5, 5.41) is 44.0. The molecule has 0 aliphatic rings. The molecule has 0 saturated heterocycles. The summed E-state index contributed by atoms with van der Waals surface area (Å²) < 4.78 is 44.2. The number of ether oxygens (including phenoxy) is 3. The number of nitrogens with zero attached hydrogens (tertiary/aromatic N) is 3. The number of hydrogen-bond acceptors (Lipinski definition) is 10. The molecule has 0 spiro atoms. The molecule has 8 N–H and O–H groups in total. The number of oxime groups is 2. The van der Waals surface area contributed by atoms with Crippen LogP contribution in [0, 0.1) is 18.6 Å². The number of aromatic nitrogens is 1. The van der Waals surface area contributed by atoms with Crippen molar-refractivity contribution in [2.75, 3.05) is 21.3 Å². The maximum absolute atomic E-state index is 14.1. The summed E-state index contributed by atoms with van der Waals surface area (Å²) in [5.41, 5.74) is 18.0. The quantitative estimate of drug-likeness (QED) is 0.0369. The Morgan fingerprint density at radius 2 is 1.13 bits per heavy atom. The van der Waals surface area contributed by atoms with Crippen molar-refractivity contribution in [3.05, 3.63) is 132 Å². The summed E-state index contributed by atoms with van der Waals surface area (Å²) in [7, 11) is 4.40. The zero-order valence-electron chi connectivity index (χ0n) is 30.1. The number of methoxy groups -OCH3 is 3. The Morgan fingerprint density at radius 3 is 1.65 bits per heavy atom. The van der Waals surface area contributed by atoms with Crippen molar-refractivity contribution in [2.45, 2.75) is 6.92 Å². The van der Waals surface area contributed by atoms with Gasteiger partial charge in [0.05, 0.1) is 27.5 Å². The second kappa shape index (κ2) is 17.0. The van der Waals surface area contributed by atoms with Crippen LogP contribution < -0.4 is 25.7 Å². The Hall–Kier alpha value is -7.35. The van der Waals surface area contributed by atoms with E-state index in [-0.39, 0.29) is 29.1 Å². The van der Waals surface area contributed by atoms with Gasteiger partial charge >= 0.3 is 0 Å². The molecule has 1 aromatic heterocycles. The highest BCUT2D eigenvalue weighted by atomic mass is 19.1. The van der Waals surface area contributed by atoms with Gasteiger partial charge in [0.1, 0.15) is 34.6 Å². The van der Waals surface area contributed by atoms with Gasteiger partial charge in [-0.3, -0.25) is 0 Å². The minimum Gasteiger partial charge on any atom is -0.508 e. The van der Waals surface area contributed by atoms with Gasteiger partial charge in [0.25, 0.3) is 0 Å². The molecule has 0 unspecified atom stereocenters. The van der Waals surface area contributed by atoms with Crippen LogP contribution in [0.1, 0.15) is 16.7 Å². The smallest absolute Gasteiger partial charge is 0.221 e. The van der Waals surface area contributed by atoms with Crippen molar-refractivity contribution in [1.29, 1.82) is 0 Å². The lowest BCUT2D eigenvalue weighted by Gasteiger charge is -2.19. The molecule has 0 bridgehead atoms. The second-order valence-electron chi connectivity index (χ2n) is 12.0. The fourth-order valence-corrected chi connectivity index (χ4v) is 5.99. The monoisotopic (exact) mass is 749 g/mol. The molecule has 55 heavy (non-hydrogen) atoms. The third kappa shape index (κ3) is 8.49. The van der Waals surface area contributed by atoms with Crippen LogP contribution in [-0.4, -0.2) is 58.6 Å². The van der Waals surface area contributed by atoms with Gasteiger partial charge in [-0.25, -0.2) is 13.8 Å². The summed E-state index contributed by atoms with van der Waals surface area (Å²) in [6, 6.07) is 25.4. The SMILES string of the molecule is COc1cc(C(N)=NO)c(-c2cc(F)ccc2OC)c(-c2ccc(O)cc2)c1.COc1ncc(F)cc1-c1c(C(N)=NO)cc(C)cc1-c1ccc(O)cc1. The summed E-state index contributed by atoms with van der Waals surface area (Å²) in [4.78, 5) is 3.99. The molecular weight excluding hydrogens is 712 g/mol. The van der Waals surface area contributed by atoms with Crippen molar-refractivity contribution in [2.24, 2.45) is 21.8 Å². The van der Waals surface area contributed by atoms with Crippen LogP contribution in [0.25, 0.3) is 44.5 Å². The standard InChI is InChI=1S/C21H19FN2O4.C20H18FN3O3/c1-27-15-10-16(12-3-6-14(25)7-4-12)20(18(11-15)21(23)24-26)17-9-13(22)5-8-19(17)28-2;1-11-7-15(12-3-5-14(25)6-4-12)18(16(8-11)19(22)24-26)17-9-13(21)10-23-20(17)27-2/h3-11,25-26H,1-2H3,(H2,23,24);3-10,25-26H,1-2H3,(H2,22,24). The lowest BCUT2D eigenvalue weighted by molar-refractivity contribution is 0.318. The van der Waals surface area contributed by atoms with Crippen LogP contribution in [0.4, 0.5) is 8.78 Å². The summed E-state index contributed by atoms with van der Waals surface area (Å²) in [6.45, 7) is 1.86. The number of aromatic hydroxyl groups is 2. The highest BCUT2D eigenvalue weighted by Gasteiger charge is 2.23. The molecule has 282 valence electrons. The second-order valence-corrected chi connectivity index (χ2v) is 12.0. The maximum Gasteiger partial charge on any atom is 0.221 e. The normalized spacial score (nSPS) is 11.4. The van der Waals surface area contributed by atoms with Gasteiger partial charge in [-0.05, 0) is 101 Å². The number of pyridine rings is 1. The molecule has 0 radical (unpaired) electrons. The van der Waals surface area contributed by atoms with Crippen molar-refractivity contribution >= 4 is 11.7 Å². The van der Waals surface area contributed by atoms with Gasteiger partial charge in [0, 0.05) is 33.4 Å². The predicted octanol–water partition coefficient (Wildman–Crippen LogP) is 7.65. The van der Waals surface area contributed by atoms with E-state index in [2.05, 4.69) is 15.3 Å². The number of benzene rings is 5. The van der Waals surface area contributed by atoms with Crippen LogP contribution in [0.2, 0.25) is 0 Å². The van der Waals surface area contributed by atoms with Crippen molar-refractivity contribution in [3.8, 4) is 73.4 Å². The van der Waals surface area contributed by atoms with E-state index in [0.717, 1.165) is 17.3 Å². The molecule has 6 aromatic rings. The lowest BCUT2D eigenvalue weighted by Crippen LogP contribution is -2.15. The van der Waals surface area contributed by atoms with E-state index in [1.807, 2.05) is 13.0 Å². The van der Waals surface area contributed by atoms with Crippen LogP contribution in [-0.2, 0) is 0 Å². The van der Waals surface area contributed by atoms with E-state index >= 15 is 0 Å². The Labute approximate surface area is 314 Å². The average Bonchev–Trinajstić information content (AvgIpc) is 3.20. The van der Waals surface area contributed by atoms with Crippen molar-refractivity contribution in [3.63, 3.8) is 0 Å². The first kappa shape index (κ1) is 38.9. The lowest BCUT2D eigenvalue weighted by atomic mass is 9.88. The van der Waals surface area contributed by atoms with Crippen LogP contribution in [0.5, 0.6) is 28.9 Å². The molecule has 0 saturated carbocycles. The minimum atomic E-state index is -0.548. The highest BCUT2D eigenvalue weighted by molar-refractivity contribution is 6.08. The van der Waals surface area contributed by atoms with E-state index in [1.54, 1.807) is 54.6 Å². The van der Waals surface area contributed by atoms with E-state index < -0.39 is 11.6 Å². The maximum atomic E-state index is 14.1. The van der Waals surface area contributed by atoms with Crippen molar-refractivity contribution < 1.29 is 43.6 Å². The minimum absolute atomic E-state index is 0.105. The molecule has 5 aromatic carbocycles. The molecule has 0 aliphatic carbocycles. The number of hydrogen-bond donors (Lipinski definition) is 6. The topological polar surface area (TPSA) is 198 Å². The summed E-state index contributed by atoms with van der Waals surface area (Å²) >= 11 is 0. The molecule has 0 amide bonds. The van der Waals surface area contributed by atoms with E-state index in [1.165, 1.54) is 57.7 Å². The molecule has 14 heteroatoms. The predicted molar refractivity (Wildman–Crippen MR) is 205 cm³/mol. The number of aryl methyl sites for hydroxylation is 1. The van der Waals surface area contributed by atoms with E-state index in [4.69, 9.17) is 25.7 Å². The molecule has 12 nitrogen and oxygen atoms in total. The fraction of sp³-hybridized carbons (Fsp3) is 0.0976.